The van der Waals surface area contributed by atoms with Crippen LogP contribution in [0, 0.1) is 17.3 Å². The van der Waals surface area contributed by atoms with Crippen molar-refractivity contribution in [1.29, 1.82) is 0 Å². The Morgan fingerprint density at radius 2 is 2.22 bits per heavy atom. The lowest BCUT2D eigenvalue weighted by Gasteiger charge is -2.48. The quantitative estimate of drug-likeness (QED) is 0.748. The molecule has 1 unspecified atom stereocenters. The molecule has 1 aliphatic carbocycles. The van der Waals surface area contributed by atoms with Gasteiger partial charge in [-0.15, -0.1) is 0 Å². The largest absolute Gasteiger partial charge is 0.396 e. The van der Waals surface area contributed by atoms with E-state index in [4.69, 9.17) is 18.0 Å². The van der Waals surface area contributed by atoms with Crippen LogP contribution in [0.5, 0.6) is 0 Å². The molecule has 3 N–H and O–H groups in total. The van der Waals surface area contributed by atoms with Crippen LogP contribution >= 0.6 is 12.2 Å². The summed E-state index contributed by atoms with van der Waals surface area (Å²) in [5.41, 5.74) is 5.21. The highest BCUT2D eigenvalue weighted by molar-refractivity contribution is 7.80. The lowest BCUT2D eigenvalue weighted by atomic mass is 9.61. The van der Waals surface area contributed by atoms with Crippen LogP contribution in [0.1, 0.15) is 32.6 Å². The van der Waals surface area contributed by atoms with Gasteiger partial charge in [-0.25, -0.2) is 0 Å². The van der Waals surface area contributed by atoms with Crippen molar-refractivity contribution in [3.05, 3.63) is 0 Å². The zero-order valence-corrected chi connectivity index (χ0v) is 11.7. The van der Waals surface area contributed by atoms with Gasteiger partial charge in [-0.3, -0.25) is 4.79 Å². The Balaban J connectivity index is 2.07. The van der Waals surface area contributed by atoms with Crippen LogP contribution in [0.25, 0.3) is 0 Å². The number of amides is 1. The summed E-state index contributed by atoms with van der Waals surface area (Å²) in [5.74, 6) is 0.823. The Labute approximate surface area is 114 Å². The number of nitrogens with zero attached hydrogens (tertiary/aromatic N) is 1. The summed E-state index contributed by atoms with van der Waals surface area (Å²) in [6.45, 7) is 3.69. The van der Waals surface area contributed by atoms with E-state index < -0.39 is 5.41 Å². The van der Waals surface area contributed by atoms with Crippen LogP contribution in [-0.2, 0) is 4.79 Å². The van der Waals surface area contributed by atoms with Crippen LogP contribution in [-0.4, -0.2) is 40.6 Å². The van der Waals surface area contributed by atoms with Crippen LogP contribution < -0.4 is 5.73 Å². The van der Waals surface area contributed by atoms with E-state index in [2.05, 4.69) is 6.92 Å². The van der Waals surface area contributed by atoms with Crippen LogP contribution in [0.2, 0.25) is 0 Å². The lowest BCUT2D eigenvalue weighted by molar-refractivity contribution is -0.146. The zero-order valence-electron chi connectivity index (χ0n) is 10.9. The standard InChI is InChI=1S/C13H22N2O2S/c1-9-5-13(6-9,11(14)18)12(17)15-4-2-3-10(7-15)8-16/h9-10,16H,2-8H2,1H3,(H2,14,18). The Morgan fingerprint density at radius 1 is 1.56 bits per heavy atom. The summed E-state index contributed by atoms with van der Waals surface area (Å²) >= 11 is 5.12. The Hall–Kier alpha value is -0.680. The molecule has 1 amide bonds. The third-order valence-electron chi connectivity index (χ3n) is 4.34. The minimum Gasteiger partial charge on any atom is -0.396 e. The van der Waals surface area contributed by atoms with Gasteiger partial charge in [0.2, 0.25) is 5.91 Å². The minimum absolute atomic E-state index is 0.0891. The van der Waals surface area contributed by atoms with Gasteiger partial charge in [0, 0.05) is 19.7 Å². The van der Waals surface area contributed by atoms with Crippen molar-refractivity contribution in [1.82, 2.24) is 4.90 Å². The number of rotatable bonds is 3. The fourth-order valence-electron chi connectivity index (χ4n) is 3.31. The van der Waals surface area contributed by atoms with E-state index in [1.807, 2.05) is 4.90 Å². The summed E-state index contributed by atoms with van der Waals surface area (Å²) in [6.07, 6.45) is 3.51. The molecule has 4 nitrogen and oxygen atoms in total. The molecule has 1 saturated carbocycles. The molecule has 1 heterocycles. The highest BCUT2D eigenvalue weighted by Crippen LogP contribution is 2.47. The Kier molecular flexibility index (Phi) is 3.92. The van der Waals surface area contributed by atoms with Gasteiger partial charge in [-0.1, -0.05) is 19.1 Å². The van der Waals surface area contributed by atoms with E-state index in [1.165, 1.54) is 0 Å². The van der Waals surface area contributed by atoms with Gasteiger partial charge in [0.05, 0.1) is 10.4 Å². The maximum absolute atomic E-state index is 12.6. The van der Waals surface area contributed by atoms with E-state index in [-0.39, 0.29) is 18.4 Å². The molecule has 5 heteroatoms. The number of hydrogen-bond acceptors (Lipinski definition) is 3. The molecular formula is C13H22N2O2S. The van der Waals surface area contributed by atoms with E-state index >= 15 is 0 Å². The first kappa shape index (κ1) is 13.7. The van der Waals surface area contributed by atoms with Gasteiger partial charge in [-0.05, 0) is 37.5 Å². The number of nitrogens with two attached hydrogens (primary N) is 1. The molecule has 1 atom stereocenters. The van der Waals surface area contributed by atoms with Crippen molar-refractivity contribution in [2.75, 3.05) is 19.7 Å². The van der Waals surface area contributed by atoms with Crippen LogP contribution in [0.3, 0.4) is 0 Å². The highest BCUT2D eigenvalue weighted by Gasteiger charge is 2.52. The van der Waals surface area contributed by atoms with Crippen molar-refractivity contribution in [3.8, 4) is 0 Å². The average molecular weight is 270 g/mol. The number of carbonyl (C=O) groups excluding carboxylic acids is 1. The van der Waals surface area contributed by atoms with E-state index in [9.17, 15) is 9.90 Å². The summed E-state index contributed by atoms with van der Waals surface area (Å²) in [5, 5.41) is 9.23. The van der Waals surface area contributed by atoms with E-state index in [0.717, 1.165) is 32.2 Å². The fraction of sp³-hybridized carbons (Fsp3) is 0.846. The number of aliphatic hydroxyl groups excluding tert-OH is 1. The molecule has 1 aliphatic heterocycles. The van der Waals surface area contributed by atoms with E-state index in [1.54, 1.807) is 0 Å². The summed E-state index contributed by atoms with van der Waals surface area (Å²) in [7, 11) is 0. The molecule has 0 spiro atoms. The third-order valence-corrected chi connectivity index (χ3v) is 4.73. The lowest BCUT2D eigenvalue weighted by Crippen LogP contribution is -2.58. The molecule has 0 aromatic rings. The molecule has 1 saturated heterocycles. The molecule has 0 aromatic heterocycles. The zero-order chi connectivity index (χ0) is 13.3. The number of likely N-dealkylation sites (tertiary alicyclic amines) is 1. The van der Waals surface area contributed by atoms with Crippen molar-refractivity contribution in [2.24, 2.45) is 23.0 Å². The van der Waals surface area contributed by atoms with E-state index in [0.29, 0.717) is 17.5 Å². The summed E-state index contributed by atoms with van der Waals surface area (Å²) < 4.78 is 0. The van der Waals surface area contributed by atoms with Crippen molar-refractivity contribution >= 4 is 23.1 Å². The van der Waals surface area contributed by atoms with Gasteiger partial charge in [0.25, 0.3) is 0 Å². The molecule has 2 aliphatic rings. The first-order valence-corrected chi connectivity index (χ1v) is 7.10. The topological polar surface area (TPSA) is 66.6 Å². The molecule has 102 valence electrons. The first-order chi connectivity index (χ1) is 8.49. The SMILES string of the molecule is CC1CC(C(=O)N2CCCC(CO)C2)(C(N)=S)C1. The van der Waals surface area contributed by atoms with Crippen LogP contribution in [0.4, 0.5) is 0 Å². The second-order valence-electron chi connectivity index (χ2n) is 5.90. The van der Waals surface area contributed by atoms with Crippen molar-refractivity contribution in [2.45, 2.75) is 32.6 Å². The molecular weight excluding hydrogens is 248 g/mol. The Morgan fingerprint density at radius 3 is 2.72 bits per heavy atom. The minimum atomic E-state index is -0.591. The number of carbonyl (C=O) groups is 1. The predicted molar refractivity (Wildman–Crippen MR) is 74.0 cm³/mol. The Bertz CT molecular complexity index is 353. The number of aliphatic hydroxyl groups is 1. The van der Waals surface area contributed by atoms with Gasteiger partial charge >= 0.3 is 0 Å². The smallest absolute Gasteiger partial charge is 0.235 e. The number of piperidine rings is 1. The summed E-state index contributed by atoms with van der Waals surface area (Å²) in [6, 6.07) is 0. The van der Waals surface area contributed by atoms with Gasteiger partial charge in [-0.2, -0.15) is 0 Å². The number of thiocarbonyl (C=S) groups is 1. The maximum Gasteiger partial charge on any atom is 0.235 e. The summed E-state index contributed by atoms with van der Waals surface area (Å²) in [4.78, 5) is 14.8. The van der Waals surface area contributed by atoms with Crippen LogP contribution in [0.15, 0.2) is 0 Å². The first-order valence-electron chi connectivity index (χ1n) is 6.69. The fourth-order valence-corrected chi connectivity index (χ4v) is 3.57. The average Bonchev–Trinajstić information content (AvgIpc) is 2.33. The number of hydrogen-bond donors (Lipinski definition) is 2. The third kappa shape index (κ3) is 2.26. The normalized spacial score (nSPS) is 36.0. The van der Waals surface area contributed by atoms with Gasteiger partial charge in [0.15, 0.2) is 0 Å². The molecule has 18 heavy (non-hydrogen) atoms. The molecule has 0 radical (unpaired) electrons. The monoisotopic (exact) mass is 270 g/mol. The molecule has 2 fully saturated rings. The highest BCUT2D eigenvalue weighted by atomic mass is 32.1. The second-order valence-corrected chi connectivity index (χ2v) is 6.34. The van der Waals surface area contributed by atoms with Gasteiger partial charge < -0.3 is 15.7 Å². The molecule has 0 aromatic carbocycles. The maximum atomic E-state index is 12.6. The second kappa shape index (κ2) is 5.13. The van der Waals surface area contributed by atoms with Crippen molar-refractivity contribution in [3.63, 3.8) is 0 Å². The van der Waals surface area contributed by atoms with Gasteiger partial charge in [0.1, 0.15) is 0 Å². The molecule has 2 rings (SSSR count). The predicted octanol–water partition coefficient (Wildman–Crippen LogP) is 0.920. The molecule has 0 bridgehead atoms. The van der Waals surface area contributed by atoms with Crippen molar-refractivity contribution < 1.29 is 9.90 Å².